The number of ether oxygens (including phenoxy) is 1. The molecule has 0 unspecified atom stereocenters. The van der Waals surface area contributed by atoms with Crippen molar-refractivity contribution >= 4 is 11.9 Å². The Balaban J connectivity index is 2.85. The maximum Gasteiger partial charge on any atom is 0.429 e. The quantitative estimate of drug-likeness (QED) is 0.590. The molecule has 1 aromatic rings. The Morgan fingerprint density at radius 1 is 1.07 bits per heavy atom. The number of amides is 1. The van der Waals surface area contributed by atoms with Gasteiger partial charge < -0.3 is 10.1 Å². The molecule has 1 N–H and O–H groups in total. The lowest BCUT2D eigenvalue weighted by Gasteiger charge is -2.22. The Morgan fingerprint density at radius 3 is 2.15 bits per heavy atom. The SMILES string of the molecule is CC(C)(C)C(=O)NCCC(=O)O[C@H](c1cccc(C(F)(F)F)c1)C(F)(F)F. The van der Waals surface area contributed by atoms with E-state index in [1.807, 2.05) is 0 Å². The highest BCUT2D eigenvalue weighted by Gasteiger charge is 2.45. The van der Waals surface area contributed by atoms with E-state index in [4.69, 9.17) is 0 Å². The normalized spacial score (nSPS) is 13.8. The zero-order chi connectivity index (χ0) is 21.0. The first-order chi connectivity index (χ1) is 12.1. The van der Waals surface area contributed by atoms with Gasteiger partial charge in [0, 0.05) is 17.5 Å². The molecule has 0 heterocycles. The van der Waals surface area contributed by atoms with Crippen LogP contribution in [0.3, 0.4) is 0 Å². The average Bonchev–Trinajstić information content (AvgIpc) is 2.49. The van der Waals surface area contributed by atoms with E-state index in [1.54, 1.807) is 20.8 Å². The topological polar surface area (TPSA) is 55.4 Å². The zero-order valence-electron chi connectivity index (χ0n) is 14.8. The van der Waals surface area contributed by atoms with Crippen molar-refractivity contribution in [3.8, 4) is 0 Å². The van der Waals surface area contributed by atoms with Crippen LogP contribution >= 0.6 is 0 Å². The highest BCUT2D eigenvalue weighted by molar-refractivity contribution is 5.81. The molecule has 1 aromatic carbocycles. The number of benzene rings is 1. The molecule has 152 valence electrons. The number of hydrogen-bond donors (Lipinski definition) is 1. The minimum absolute atomic E-state index is 0.262. The van der Waals surface area contributed by atoms with Crippen molar-refractivity contribution in [3.05, 3.63) is 35.4 Å². The highest BCUT2D eigenvalue weighted by atomic mass is 19.4. The summed E-state index contributed by atoms with van der Waals surface area (Å²) < 4.78 is 82.0. The van der Waals surface area contributed by atoms with E-state index in [9.17, 15) is 35.9 Å². The van der Waals surface area contributed by atoms with Gasteiger partial charge in [-0.3, -0.25) is 9.59 Å². The van der Waals surface area contributed by atoms with Crippen LogP contribution in [-0.2, 0) is 20.5 Å². The summed E-state index contributed by atoms with van der Waals surface area (Å²) in [4.78, 5) is 23.3. The lowest BCUT2D eigenvalue weighted by Crippen LogP contribution is -2.36. The lowest BCUT2D eigenvalue weighted by molar-refractivity contribution is -0.224. The standard InChI is InChI=1S/C17H19F6NO3/c1-15(2,3)14(26)24-8-7-12(25)27-13(17(21,22)23)10-5-4-6-11(9-10)16(18,19)20/h4-6,9,13H,7-8H2,1-3H3,(H,24,26)/t13-/m1/s1. The molecule has 0 aliphatic carbocycles. The Bertz CT molecular complexity index is 676. The third kappa shape index (κ3) is 7.10. The van der Waals surface area contributed by atoms with Gasteiger partial charge >= 0.3 is 18.3 Å². The van der Waals surface area contributed by atoms with Gasteiger partial charge in [0.15, 0.2) is 0 Å². The molecule has 0 saturated carbocycles. The molecule has 0 saturated heterocycles. The van der Waals surface area contributed by atoms with Gasteiger partial charge in [-0.2, -0.15) is 26.3 Å². The Kier molecular flexibility index (Phi) is 6.90. The lowest BCUT2D eigenvalue weighted by atomic mass is 9.96. The maximum atomic E-state index is 13.2. The molecular weight excluding hydrogens is 380 g/mol. The fourth-order valence-corrected chi connectivity index (χ4v) is 1.94. The van der Waals surface area contributed by atoms with E-state index in [1.165, 1.54) is 0 Å². The van der Waals surface area contributed by atoms with Crippen molar-refractivity contribution in [2.24, 2.45) is 5.41 Å². The molecule has 0 fully saturated rings. The Morgan fingerprint density at radius 2 is 1.67 bits per heavy atom. The van der Waals surface area contributed by atoms with Gasteiger partial charge in [-0.05, 0) is 12.1 Å². The number of hydrogen-bond acceptors (Lipinski definition) is 3. The molecule has 0 aliphatic heterocycles. The van der Waals surface area contributed by atoms with E-state index in [-0.39, 0.29) is 12.6 Å². The minimum atomic E-state index is -5.10. The number of carbonyl (C=O) groups excluding carboxylic acids is 2. The maximum absolute atomic E-state index is 13.2. The first-order valence-corrected chi connectivity index (χ1v) is 7.84. The molecule has 27 heavy (non-hydrogen) atoms. The molecule has 0 spiro atoms. The van der Waals surface area contributed by atoms with E-state index in [0.717, 1.165) is 12.1 Å². The molecule has 10 heteroatoms. The second-order valence-corrected chi connectivity index (χ2v) is 6.79. The van der Waals surface area contributed by atoms with Crippen LogP contribution in [0.25, 0.3) is 0 Å². The van der Waals surface area contributed by atoms with E-state index >= 15 is 0 Å². The summed E-state index contributed by atoms with van der Waals surface area (Å²) in [5.74, 6) is -1.72. The van der Waals surface area contributed by atoms with Crippen molar-refractivity contribution in [1.82, 2.24) is 5.32 Å². The van der Waals surface area contributed by atoms with Crippen molar-refractivity contribution in [3.63, 3.8) is 0 Å². The summed E-state index contributed by atoms with van der Waals surface area (Å²) in [5.41, 5.74) is -2.89. The summed E-state index contributed by atoms with van der Waals surface area (Å²) in [7, 11) is 0. The average molecular weight is 399 g/mol. The van der Waals surface area contributed by atoms with Crippen LogP contribution in [0.2, 0.25) is 0 Å². The van der Waals surface area contributed by atoms with E-state index in [0.29, 0.717) is 6.07 Å². The fraction of sp³-hybridized carbons (Fsp3) is 0.529. The third-order valence-corrected chi connectivity index (χ3v) is 3.36. The first-order valence-electron chi connectivity index (χ1n) is 7.84. The summed E-state index contributed by atoms with van der Waals surface area (Å²) in [5, 5.41) is 2.36. The van der Waals surface area contributed by atoms with Gasteiger partial charge in [-0.15, -0.1) is 0 Å². The number of esters is 1. The minimum Gasteiger partial charge on any atom is -0.448 e. The van der Waals surface area contributed by atoms with Crippen molar-refractivity contribution in [2.75, 3.05) is 6.54 Å². The zero-order valence-corrected chi connectivity index (χ0v) is 14.8. The van der Waals surface area contributed by atoms with Crippen molar-refractivity contribution in [1.29, 1.82) is 0 Å². The predicted molar refractivity (Wildman–Crippen MR) is 83.4 cm³/mol. The summed E-state index contributed by atoms with van der Waals surface area (Å²) in [6.07, 6.45) is -13.3. The molecule has 4 nitrogen and oxygen atoms in total. The monoisotopic (exact) mass is 399 g/mol. The second kappa shape index (κ2) is 8.18. The fourth-order valence-electron chi connectivity index (χ4n) is 1.94. The molecule has 0 aromatic heterocycles. The molecule has 1 rings (SSSR count). The van der Waals surface area contributed by atoms with E-state index < -0.39 is 53.3 Å². The Hall–Kier alpha value is -2.26. The highest BCUT2D eigenvalue weighted by Crippen LogP contribution is 2.38. The third-order valence-electron chi connectivity index (χ3n) is 3.36. The smallest absolute Gasteiger partial charge is 0.429 e. The van der Waals surface area contributed by atoms with Gasteiger partial charge in [0.1, 0.15) is 0 Å². The number of nitrogens with one attached hydrogen (secondary N) is 1. The molecule has 0 radical (unpaired) electrons. The van der Waals surface area contributed by atoms with Gasteiger partial charge in [0.25, 0.3) is 0 Å². The summed E-state index contributed by atoms with van der Waals surface area (Å²) in [6, 6.07) is 2.49. The van der Waals surface area contributed by atoms with Crippen LogP contribution in [0.15, 0.2) is 24.3 Å². The summed E-state index contributed by atoms with van der Waals surface area (Å²) in [6.45, 7) is 4.55. The molecule has 0 bridgehead atoms. The van der Waals surface area contributed by atoms with Crippen LogP contribution in [0.4, 0.5) is 26.3 Å². The van der Waals surface area contributed by atoms with Crippen LogP contribution < -0.4 is 5.32 Å². The van der Waals surface area contributed by atoms with Crippen molar-refractivity contribution in [2.45, 2.75) is 45.6 Å². The molecule has 0 aliphatic rings. The second-order valence-electron chi connectivity index (χ2n) is 6.79. The van der Waals surface area contributed by atoms with Crippen LogP contribution in [0.5, 0.6) is 0 Å². The first kappa shape index (κ1) is 22.8. The van der Waals surface area contributed by atoms with E-state index in [2.05, 4.69) is 10.1 Å². The van der Waals surface area contributed by atoms with Gasteiger partial charge in [-0.1, -0.05) is 32.9 Å². The number of halogens is 6. The van der Waals surface area contributed by atoms with Crippen LogP contribution in [0.1, 0.15) is 44.4 Å². The largest absolute Gasteiger partial charge is 0.448 e. The summed E-state index contributed by atoms with van der Waals surface area (Å²) >= 11 is 0. The molecule has 1 amide bonds. The Labute approximate surface area is 151 Å². The number of carbonyl (C=O) groups is 2. The molecular formula is C17H19F6NO3. The number of alkyl halides is 6. The predicted octanol–water partition coefficient (Wildman–Crippen LogP) is 4.40. The van der Waals surface area contributed by atoms with Gasteiger partial charge in [0.2, 0.25) is 12.0 Å². The van der Waals surface area contributed by atoms with Crippen LogP contribution in [0, 0.1) is 5.41 Å². The van der Waals surface area contributed by atoms with Crippen molar-refractivity contribution < 1.29 is 40.7 Å². The number of rotatable bonds is 5. The molecule has 1 atom stereocenters. The van der Waals surface area contributed by atoms with Gasteiger partial charge in [0.05, 0.1) is 12.0 Å². The van der Waals surface area contributed by atoms with Crippen LogP contribution in [-0.4, -0.2) is 24.6 Å². The van der Waals surface area contributed by atoms with Gasteiger partial charge in [-0.25, -0.2) is 0 Å².